The maximum Gasteiger partial charge on any atom is 0.0589 e. The summed E-state index contributed by atoms with van der Waals surface area (Å²) in [6.07, 6.45) is 1.20. The molecule has 0 aromatic heterocycles. The lowest BCUT2D eigenvalue weighted by molar-refractivity contribution is 0.107. The molecule has 0 radical (unpaired) electrons. The van der Waals surface area contributed by atoms with Crippen LogP contribution in [0.2, 0.25) is 0 Å². The lowest BCUT2D eigenvalue weighted by Crippen LogP contribution is -2.45. The Hall–Kier alpha value is -0.120. The number of rotatable bonds is 10. The Bertz CT molecular complexity index is 151. The second-order valence-electron chi connectivity index (χ2n) is 4.75. The smallest absolute Gasteiger partial charge is 0.0589 e. The molecule has 0 rings (SSSR count). The summed E-state index contributed by atoms with van der Waals surface area (Å²) in [7, 11) is 1.78. The van der Waals surface area contributed by atoms with Gasteiger partial charge in [0.1, 0.15) is 0 Å². The Morgan fingerprint density at radius 3 is 2.38 bits per heavy atom. The van der Waals surface area contributed by atoms with Crippen molar-refractivity contribution in [3.63, 3.8) is 0 Å². The molecule has 3 heteroatoms. The average molecular weight is 230 g/mol. The van der Waals surface area contributed by atoms with E-state index in [-0.39, 0.29) is 0 Å². The van der Waals surface area contributed by atoms with Crippen LogP contribution in [0.15, 0.2) is 0 Å². The molecule has 0 aromatic carbocycles. The predicted octanol–water partition coefficient (Wildman–Crippen LogP) is 1.98. The fourth-order valence-electron chi connectivity index (χ4n) is 1.94. The van der Waals surface area contributed by atoms with Gasteiger partial charge in [0.15, 0.2) is 0 Å². The molecule has 0 saturated heterocycles. The van der Waals surface area contributed by atoms with Gasteiger partial charge in [-0.3, -0.25) is 4.90 Å². The molecule has 0 aliphatic rings. The summed E-state index contributed by atoms with van der Waals surface area (Å²) in [5.74, 6) is 0.715. The SMILES string of the molecule is CCNCC(CC)N(CCOC)CC(C)C. The van der Waals surface area contributed by atoms with Gasteiger partial charge in [-0.25, -0.2) is 0 Å². The number of likely N-dealkylation sites (N-methyl/N-ethyl adjacent to an activating group) is 1. The Kier molecular flexibility index (Phi) is 9.99. The van der Waals surface area contributed by atoms with Crippen LogP contribution in [0, 0.1) is 5.92 Å². The Balaban J connectivity index is 4.18. The van der Waals surface area contributed by atoms with Gasteiger partial charge < -0.3 is 10.1 Å². The summed E-state index contributed by atoms with van der Waals surface area (Å²) in [5, 5.41) is 3.45. The Morgan fingerprint density at radius 2 is 1.94 bits per heavy atom. The van der Waals surface area contributed by atoms with Gasteiger partial charge in [-0.15, -0.1) is 0 Å². The molecular weight excluding hydrogens is 200 g/mol. The molecule has 16 heavy (non-hydrogen) atoms. The summed E-state index contributed by atoms with van der Waals surface area (Å²) < 4.78 is 5.19. The molecule has 98 valence electrons. The van der Waals surface area contributed by atoms with Crippen molar-refractivity contribution in [2.75, 3.05) is 39.9 Å². The van der Waals surface area contributed by atoms with Gasteiger partial charge in [0.25, 0.3) is 0 Å². The standard InChI is InChI=1S/C13H30N2O/c1-6-13(10-14-7-2)15(8-9-16-5)11-12(3)4/h12-14H,6-11H2,1-5H3. The predicted molar refractivity (Wildman–Crippen MR) is 70.9 cm³/mol. The van der Waals surface area contributed by atoms with E-state index in [1.54, 1.807) is 7.11 Å². The molecule has 0 heterocycles. The first kappa shape index (κ1) is 15.9. The van der Waals surface area contributed by atoms with Crippen LogP contribution in [-0.2, 0) is 4.74 Å². The van der Waals surface area contributed by atoms with E-state index in [4.69, 9.17) is 4.74 Å². The molecule has 0 bridgehead atoms. The second-order valence-corrected chi connectivity index (χ2v) is 4.75. The Labute approximate surface area is 102 Å². The summed E-state index contributed by atoms with van der Waals surface area (Å²) in [5.41, 5.74) is 0. The minimum absolute atomic E-state index is 0.637. The first-order chi connectivity index (χ1) is 7.65. The molecule has 0 amide bonds. The van der Waals surface area contributed by atoms with Gasteiger partial charge in [0, 0.05) is 32.8 Å². The van der Waals surface area contributed by atoms with Gasteiger partial charge in [0.05, 0.1) is 6.61 Å². The van der Waals surface area contributed by atoms with E-state index in [0.29, 0.717) is 12.0 Å². The van der Waals surface area contributed by atoms with Crippen LogP contribution in [0.4, 0.5) is 0 Å². The molecule has 1 atom stereocenters. The first-order valence-electron chi connectivity index (χ1n) is 6.59. The lowest BCUT2D eigenvalue weighted by atomic mass is 10.1. The van der Waals surface area contributed by atoms with Crippen LogP contribution in [0.25, 0.3) is 0 Å². The van der Waals surface area contributed by atoms with E-state index < -0.39 is 0 Å². The van der Waals surface area contributed by atoms with Crippen molar-refractivity contribution in [3.05, 3.63) is 0 Å². The molecule has 0 spiro atoms. The summed E-state index contributed by atoms with van der Waals surface area (Å²) in [6.45, 7) is 14.2. The van der Waals surface area contributed by atoms with Crippen molar-refractivity contribution < 1.29 is 4.74 Å². The third-order valence-corrected chi connectivity index (χ3v) is 2.80. The van der Waals surface area contributed by atoms with E-state index in [2.05, 4.69) is 37.9 Å². The van der Waals surface area contributed by atoms with Crippen LogP contribution in [0.1, 0.15) is 34.1 Å². The topological polar surface area (TPSA) is 24.5 Å². The maximum atomic E-state index is 5.19. The normalized spacial score (nSPS) is 13.7. The fourth-order valence-corrected chi connectivity index (χ4v) is 1.94. The summed E-state index contributed by atoms with van der Waals surface area (Å²) in [4.78, 5) is 2.55. The maximum absolute atomic E-state index is 5.19. The van der Waals surface area contributed by atoms with E-state index in [1.165, 1.54) is 6.42 Å². The highest BCUT2D eigenvalue weighted by Gasteiger charge is 2.16. The van der Waals surface area contributed by atoms with Crippen LogP contribution in [0.5, 0.6) is 0 Å². The molecular formula is C13H30N2O. The molecule has 0 aliphatic carbocycles. The van der Waals surface area contributed by atoms with Crippen molar-refractivity contribution in [2.45, 2.75) is 40.2 Å². The average Bonchev–Trinajstić information content (AvgIpc) is 2.25. The molecule has 0 fully saturated rings. The van der Waals surface area contributed by atoms with Crippen molar-refractivity contribution in [1.29, 1.82) is 0 Å². The molecule has 3 nitrogen and oxygen atoms in total. The zero-order chi connectivity index (χ0) is 12.4. The van der Waals surface area contributed by atoms with Crippen molar-refractivity contribution >= 4 is 0 Å². The highest BCUT2D eigenvalue weighted by Crippen LogP contribution is 2.07. The summed E-state index contributed by atoms with van der Waals surface area (Å²) >= 11 is 0. The van der Waals surface area contributed by atoms with Gasteiger partial charge in [0.2, 0.25) is 0 Å². The molecule has 1 unspecified atom stereocenters. The first-order valence-corrected chi connectivity index (χ1v) is 6.59. The zero-order valence-electron chi connectivity index (χ0n) is 11.8. The lowest BCUT2D eigenvalue weighted by Gasteiger charge is -2.32. The van der Waals surface area contributed by atoms with Crippen LogP contribution in [-0.4, -0.2) is 50.8 Å². The minimum Gasteiger partial charge on any atom is -0.383 e. The van der Waals surface area contributed by atoms with Gasteiger partial charge in [-0.1, -0.05) is 27.7 Å². The van der Waals surface area contributed by atoms with Crippen LogP contribution in [0.3, 0.4) is 0 Å². The summed E-state index contributed by atoms with van der Waals surface area (Å²) in [6, 6.07) is 0.637. The van der Waals surface area contributed by atoms with E-state index in [9.17, 15) is 0 Å². The molecule has 1 N–H and O–H groups in total. The third-order valence-electron chi connectivity index (χ3n) is 2.80. The third kappa shape index (κ3) is 7.20. The van der Waals surface area contributed by atoms with E-state index in [0.717, 1.165) is 32.8 Å². The quantitative estimate of drug-likeness (QED) is 0.621. The Morgan fingerprint density at radius 1 is 1.25 bits per heavy atom. The number of ether oxygens (including phenoxy) is 1. The minimum atomic E-state index is 0.637. The van der Waals surface area contributed by atoms with E-state index in [1.807, 2.05) is 0 Å². The van der Waals surface area contributed by atoms with Crippen LogP contribution >= 0.6 is 0 Å². The second kappa shape index (κ2) is 10.1. The fraction of sp³-hybridized carbons (Fsp3) is 1.00. The van der Waals surface area contributed by atoms with Crippen LogP contribution < -0.4 is 5.32 Å². The zero-order valence-corrected chi connectivity index (χ0v) is 11.8. The van der Waals surface area contributed by atoms with Gasteiger partial charge in [-0.2, -0.15) is 0 Å². The van der Waals surface area contributed by atoms with Crippen molar-refractivity contribution in [3.8, 4) is 0 Å². The number of hydrogen-bond acceptors (Lipinski definition) is 3. The number of hydrogen-bond donors (Lipinski definition) is 1. The highest BCUT2D eigenvalue weighted by molar-refractivity contribution is 4.73. The molecule has 0 aliphatic heterocycles. The molecule has 0 aromatic rings. The van der Waals surface area contributed by atoms with Gasteiger partial charge in [-0.05, 0) is 18.9 Å². The van der Waals surface area contributed by atoms with E-state index >= 15 is 0 Å². The highest BCUT2D eigenvalue weighted by atomic mass is 16.5. The number of methoxy groups -OCH3 is 1. The molecule has 0 saturated carbocycles. The largest absolute Gasteiger partial charge is 0.383 e. The monoisotopic (exact) mass is 230 g/mol. The van der Waals surface area contributed by atoms with Gasteiger partial charge >= 0.3 is 0 Å². The number of nitrogens with one attached hydrogen (secondary N) is 1. The van der Waals surface area contributed by atoms with Crippen molar-refractivity contribution in [2.24, 2.45) is 5.92 Å². The van der Waals surface area contributed by atoms with Crippen molar-refractivity contribution in [1.82, 2.24) is 10.2 Å². The number of nitrogens with zero attached hydrogens (tertiary/aromatic N) is 1.